The van der Waals surface area contributed by atoms with E-state index in [1.165, 1.54) is 38.6 Å². The summed E-state index contributed by atoms with van der Waals surface area (Å²) in [7, 11) is 1.70. The van der Waals surface area contributed by atoms with Crippen molar-refractivity contribution in [3.63, 3.8) is 0 Å². The van der Waals surface area contributed by atoms with Crippen LogP contribution < -0.4 is 9.64 Å². The van der Waals surface area contributed by atoms with E-state index in [0.29, 0.717) is 5.92 Å². The van der Waals surface area contributed by atoms with Crippen LogP contribution in [0.15, 0.2) is 97.5 Å². The van der Waals surface area contributed by atoms with Crippen molar-refractivity contribution in [1.29, 1.82) is 0 Å². The minimum atomic E-state index is 0.311. The average molecular weight is 472 g/mol. The third-order valence-electron chi connectivity index (χ3n) is 7.46. The molecule has 4 nitrogen and oxygen atoms in total. The second-order valence-electron chi connectivity index (χ2n) is 9.41. The molecule has 1 aliphatic carbocycles. The highest BCUT2D eigenvalue weighted by Crippen LogP contribution is 2.40. The van der Waals surface area contributed by atoms with E-state index in [2.05, 4.69) is 76.4 Å². The summed E-state index contributed by atoms with van der Waals surface area (Å²) in [5, 5.41) is 2.82. The van der Waals surface area contributed by atoms with E-state index in [1.807, 2.05) is 42.9 Å². The molecule has 0 amide bonds. The first kappa shape index (κ1) is 22.3. The van der Waals surface area contributed by atoms with Crippen LogP contribution in [0.4, 0.5) is 11.5 Å². The van der Waals surface area contributed by atoms with Crippen molar-refractivity contribution in [2.24, 2.45) is 0 Å². The van der Waals surface area contributed by atoms with E-state index in [-0.39, 0.29) is 0 Å². The number of ether oxygens (including phenoxy) is 1. The minimum Gasteiger partial charge on any atom is -0.497 e. The molecule has 0 radical (unpaired) electrons. The fourth-order valence-electron chi connectivity index (χ4n) is 5.52. The van der Waals surface area contributed by atoms with Gasteiger partial charge in [0, 0.05) is 36.7 Å². The zero-order chi connectivity index (χ0) is 24.5. The van der Waals surface area contributed by atoms with Gasteiger partial charge in [-0.2, -0.15) is 0 Å². The first-order valence-corrected chi connectivity index (χ1v) is 12.5. The van der Waals surface area contributed by atoms with Crippen molar-refractivity contribution in [2.75, 3.05) is 12.0 Å². The highest BCUT2D eigenvalue weighted by molar-refractivity contribution is 5.95. The van der Waals surface area contributed by atoms with E-state index in [0.717, 1.165) is 36.6 Å². The Labute approximate surface area is 212 Å². The van der Waals surface area contributed by atoms with Gasteiger partial charge in [0.15, 0.2) is 0 Å². The molecular weight excluding hydrogens is 442 g/mol. The van der Waals surface area contributed by atoms with Gasteiger partial charge >= 0.3 is 0 Å². The van der Waals surface area contributed by atoms with Gasteiger partial charge in [-0.15, -0.1) is 0 Å². The highest BCUT2D eigenvalue weighted by atomic mass is 16.5. The Kier molecular flexibility index (Phi) is 5.86. The Morgan fingerprint density at radius 2 is 1.69 bits per heavy atom. The number of pyridine rings is 2. The lowest BCUT2D eigenvalue weighted by molar-refractivity contribution is 0.415. The van der Waals surface area contributed by atoms with Gasteiger partial charge in [-0.05, 0) is 100.0 Å². The Morgan fingerprint density at radius 3 is 2.44 bits per heavy atom. The van der Waals surface area contributed by atoms with Crippen molar-refractivity contribution >= 4 is 22.3 Å². The second kappa shape index (κ2) is 9.46. The standard InChI is InChI=1S/C32H29N3O/c1-22(23-16-19-33-20-17-23)28-13-6-24-7-14-29-25(8-15-30(28)32(24)29)21-35(31-5-3-4-18-34-31)26-9-11-27(36-2)12-10-26/h3-6,8-13,15-20,22H,7,14,21H2,1-2H3. The van der Waals surface area contributed by atoms with E-state index in [9.17, 15) is 0 Å². The van der Waals surface area contributed by atoms with Gasteiger partial charge in [-0.25, -0.2) is 4.98 Å². The fourth-order valence-corrected chi connectivity index (χ4v) is 5.52. The zero-order valence-electron chi connectivity index (χ0n) is 20.7. The van der Waals surface area contributed by atoms with E-state index < -0.39 is 0 Å². The molecule has 0 bridgehead atoms. The van der Waals surface area contributed by atoms with Crippen LogP contribution in [0.5, 0.6) is 5.75 Å². The van der Waals surface area contributed by atoms with Crippen LogP contribution in [-0.4, -0.2) is 17.1 Å². The molecule has 178 valence electrons. The lowest BCUT2D eigenvalue weighted by atomic mass is 9.87. The summed E-state index contributed by atoms with van der Waals surface area (Å²) in [6.07, 6.45) is 7.80. The molecule has 2 aromatic heterocycles. The third-order valence-corrected chi connectivity index (χ3v) is 7.46. The lowest BCUT2D eigenvalue weighted by Gasteiger charge is -2.26. The van der Waals surface area contributed by atoms with Crippen molar-refractivity contribution in [3.8, 4) is 5.75 Å². The first-order chi connectivity index (χ1) is 17.7. The van der Waals surface area contributed by atoms with Crippen LogP contribution in [0.25, 0.3) is 10.8 Å². The number of anilines is 2. The van der Waals surface area contributed by atoms with Crippen molar-refractivity contribution in [2.45, 2.75) is 32.2 Å². The number of nitrogens with zero attached hydrogens (tertiary/aromatic N) is 3. The molecule has 1 unspecified atom stereocenters. The van der Waals surface area contributed by atoms with Gasteiger partial charge < -0.3 is 9.64 Å². The van der Waals surface area contributed by atoms with Crippen molar-refractivity contribution < 1.29 is 4.74 Å². The molecule has 0 saturated heterocycles. The first-order valence-electron chi connectivity index (χ1n) is 12.5. The number of hydrogen-bond acceptors (Lipinski definition) is 4. The number of aryl methyl sites for hydroxylation is 2. The van der Waals surface area contributed by atoms with Crippen LogP contribution in [0.1, 0.15) is 40.7 Å². The monoisotopic (exact) mass is 471 g/mol. The Bertz CT molecular complexity index is 1500. The van der Waals surface area contributed by atoms with Gasteiger partial charge in [0.1, 0.15) is 11.6 Å². The normalized spacial score (nSPS) is 13.1. The third kappa shape index (κ3) is 3.99. The average Bonchev–Trinajstić information content (AvgIpc) is 3.39. The molecule has 2 heterocycles. The number of aromatic nitrogens is 2. The summed E-state index contributed by atoms with van der Waals surface area (Å²) < 4.78 is 5.39. The highest BCUT2D eigenvalue weighted by Gasteiger charge is 2.23. The molecule has 1 aliphatic rings. The maximum absolute atomic E-state index is 5.39. The topological polar surface area (TPSA) is 38.2 Å². The quantitative estimate of drug-likeness (QED) is 0.251. The molecule has 36 heavy (non-hydrogen) atoms. The molecule has 0 spiro atoms. The number of benzene rings is 3. The van der Waals surface area contributed by atoms with E-state index in [1.54, 1.807) is 7.11 Å². The molecule has 3 aromatic carbocycles. The fraction of sp³-hybridized carbons (Fsp3) is 0.188. The largest absolute Gasteiger partial charge is 0.497 e. The van der Waals surface area contributed by atoms with E-state index in [4.69, 9.17) is 4.74 Å². The number of hydrogen-bond donors (Lipinski definition) is 0. The Hall–Kier alpha value is -4.18. The molecule has 0 aliphatic heterocycles. The summed E-state index contributed by atoms with van der Waals surface area (Å²) in [4.78, 5) is 11.2. The molecule has 0 saturated carbocycles. The smallest absolute Gasteiger partial charge is 0.133 e. The summed E-state index contributed by atoms with van der Waals surface area (Å²) in [5.41, 5.74) is 8.06. The summed E-state index contributed by atoms with van der Waals surface area (Å²) in [5.74, 6) is 2.10. The Morgan fingerprint density at radius 1 is 0.861 bits per heavy atom. The molecular formula is C32H29N3O. The van der Waals surface area contributed by atoms with Gasteiger partial charge in [0.25, 0.3) is 0 Å². The Balaban J connectivity index is 1.43. The predicted octanol–water partition coefficient (Wildman–Crippen LogP) is 7.23. The predicted molar refractivity (Wildman–Crippen MR) is 146 cm³/mol. The molecule has 5 aromatic rings. The van der Waals surface area contributed by atoms with Gasteiger partial charge in [-0.3, -0.25) is 4.98 Å². The molecule has 6 rings (SSSR count). The zero-order valence-corrected chi connectivity index (χ0v) is 20.7. The van der Waals surface area contributed by atoms with Crippen LogP contribution in [-0.2, 0) is 19.4 Å². The molecule has 1 atom stereocenters. The van der Waals surface area contributed by atoms with E-state index >= 15 is 0 Å². The van der Waals surface area contributed by atoms with Crippen LogP contribution >= 0.6 is 0 Å². The maximum Gasteiger partial charge on any atom is 0.133 e. The maximum atomic E-state index is 5.39. The minimum absolute atomic E-state index is 0.311. The molecule has 0 fully saturated rings. The van der Waals surface area contributed by atoms with Gasteiger partial charge in [0.2, 0.25) is 0 Å². The molecule has 0 N–H and O–H groups in total. The van der Waals surface area contributed by atoms with Crippen LogP contribution in [0, 0.1) is 0 Å². The van der Waals surface area contributed by atoms with Crippen molar-refractivity contribution in [1.82, 2.24) is 9.97 Å². The van der Waals surface area contributed by atoms with Gasteiger partial charge in [-0.1, -0.05) is 37.3 Å². The van der Waals surface area contributed by atoms with Crippen LogP contribution in [0.3, 0.4) is 0 Å². The molecule has 4 heteroatoms. The van der Waals surface area contributed by atoms with Gasteiger partial charge in [0.05, 0.1) is 7.11 Å². The van der Waals surface area contributed by atoms with Crippen LogP contribution in [0.2, 0.25) is 0 Å². The second-order valence-corrected chi connectivity index (χ2v) is 9.41. The summed E-state index contributed by atoms with van der Waals surface area (Å²) >= 11 is 0. The summed E-state index contributed by atoms with van der Waals surface area (Å²) in [6, 6.07) is 27.9. The van der Waals surface area contributed by atoms with Crippen molar-refractivity contribution in [3.05, 3.63) is 125 Å². The number of methoxy groups -OCH3 is 1. The SMILES string of the molecule is COc1ccc(N(Cc2ccc3c(C(C)c4ccncc4)ccc4c3c2CC4)c2ccccn2)cc1. The summed E-state index contributed by atoms with van der Waals surface area (Å²) in [6.45, 7) is 3.06. The lowest BCUT2D eigenvalue weighted by Crippen LogP contribution is -2.18. The number of rotatable bonds is 7.